The lowest BCUT2D eigenvalue weighted by molar-refractivity contribution is -0.140. The minimum atomic E-state index is -0.294. The monoisotopic (exact) mass is 425 g/mol. The molecule has 0 spiro atoms. The molecule has 0 unspecified atom stereocenters. The molecule has 0 aliphatic carbocycles. The number of hydrogen-bond donors (Lipinski definition) is 2. The van der Waals surface area contributed by atoms with E-state index in [4.69, 9.17) is 0 Å². The Bertz CT molecular complexity index is 891. The van der Waals surface area contributed by atoms with Crippen molar-refractivity contribution >= 4 is 45.2 Å². The van der Waals surface area contributed by atoms with Crippen LogP contribution in [-0.4, -0.2) is 41.3 Å². The van der Waals surface area contributed by atoms with E-state index in [0.717, 1.165) is 28.1 Å². The maximum absolute atomic E-state index is 12.6. The van der Waals surface area contributed by atoms with Crippen molar-refractivity contribution in [3.63, 3.8) is 0 Å². The molecule has 0 fully saturated rings. The topological polar surface area (TPSA) is 101 Å². The third-order valence-corrected chi connectivity index (χ3v) is 6.45. The average Bonchev–Trinajstić information content (AvgIpc) is 2.98. The summed E-state index contributed by atoms with van der Waals surface area (Å²) in [5.41, 5.74) is 0.941. The molecule has 2 aromatic heterocycles. The summed E-state index contributed by atoms with van der Waals surface area (Å²) < 4.78 is 4.55. The summed E-state index contributed by atoms with van der Waals surface area (Å²) in [7, 11) is 1.34. The number of hydrogen-bond acceptors (Lipinski definition) is 7. The van der Waals surface area contributed by atoms with Gasteiger partial charge in [0.25, 0.3) is 5.56 Å². The first-order valence-electron chi connectivity index (χ1n) is 9.34. The van der Waals surface area contributed by atoms with Gasteiger partial charge in [0, 0.05) is 17.8 Å². The van der Waals surface area contributed by atoms with Gasteiger partial charge < -0.3 is 15.0 Å². The van der Waals surface area contributed by atoms with E-state index >= 15 is 0 Å². The first-order valence-corrected chi connectivity index (χ1v) is 11.1. The summed E-state index contributed by atoms with van der Waals surface area (Å²) >= 11 is 2.72. The van der Waals surface area contributed by atoms with Crippen molar-refractivity contribution in [2.45, 2.75) is 51.6 Å². The van der Waals surface area contributed by atoms with Gasteiger partial charge in [-0.2, -0.15) is 0 Å². The van der Waals surface area contributed by atoms with E-state index in [-0.39, 0.29) is 29.6 Å². The van der Waals surface area contributed by atoms with Gasteiger partial charge in [0.15, 0.2) is 5.16 Å². The van der Waals surface area contributed by atoms with Crippen molar-refractivity contribution in [3.05, 3.63) is 20.8 Å². The van der Waals surface area contributed by atoms with E-state index in [0.29, 0.717) is 29.4 Å². The van der Waals surface area contributed by atoms with Crippen molar-refractivity contribution in [1.29, 1.82) is 0 Å². The fraction of sp³-hybridized carbons (Fsp3) is 0.579. The third kappa shape index (κ3) is 6.07. The number of methoxy groups -OCH3 is 1. The quantitative estimate of drug-likeness (QED) is 0.263. The van der Waals surface area contributed by atoms with Gasteiger partial charge in [-0.3, -0.25) is 14.4 Å². The zero-order valence-electron chi connectivity index (χ0n) is 16.7. The lowest BCUT2D eigenvalue weighted by Crippen LogP contribution is -2.26. The molecule has 2 aromatic rings. The number of thiophene rings is 1. The minimum absolute atomic E-state index is 0.145. The predicted octanol–water partition coefficient (Wildman–Crippen LogP) is 3.04. The zero-order valence-corrected chi connectivity index (χ0v) is 18.3. The second kappa shape index (κ2) is 10.6. The Labute approximate surface area is 172 Å². The van der Waals surface area contributed by atoms with Gasteiger partial charge in [0.05, 0.1) is 18.2 Å². The second-order valence-corrected chi connectivity index (χ2v) is 8.89. The van der Waals surface area contributed by atoms with Crippen molar-refractivity contribution < 1.29 is 14.3 Å². The van der Waals surface area contributed by atoms with Crippen molar-refractivity contribution in [1.82, 2.24) is 15.3 Å². The van der Waals surface area contributed by atoms with Crippen LogP contribution in [0, 0.1) is 12.8 Å². The van der Waals surface area contributed by atoms with Crippen molar-refractivity contribution in [2.24, 2.45) is 5.92 Å². The van der Waals surface area contributed by atoms with Crippen molar-refractivity contribution in [3.8, 4) is 0 Å². The summed E-state index contributed by atoms with van der Waals surface area (Å²) in [6, 6.07) is 0. The van der Waals surface area contributed by atoms with Crippen LogP contribution in [0.3, 0.4) is 0 Å². The number of aromatic nitrogens is 2. The molecule has 2 N–H and O–H groups in total. The predicted molar refractivity (Wildman–Crippen MR) is 113 cm³/mol. The maximum Gasteiger partial charge on any atom is 0.305 e. The molecule has 0 radical (unpaired) electrons. The molecule has 1 atom stereocenters. The molecule has 1 amide bonds. The van der Waals surface area contributed by atoms with Crippen molar-refractivity contribution in [2.75, 3.05) is 19.4 Å². The van der Waals surface area contributed by atoms with Gasteiger partial charge in [-0.15, -0.1) is 11.3 Å². The lowest BCUT2D eigenvalue weighted by atomic mass is 9.98. The Morgan fingerprint density at radius 1 is 1.39 bits per heavy atom. The first-order chi connectivity index (χ1) is 13.3. The smallest absolute Gasteiger partial charge is 0.305 e. The number of rotatable bonds is 10. The number of nitrogens with one attached hydrogen (secondary N) is 2. The number of thioether (sulfide) groups is 1. The molecule has 0 aliphatic heterocycles. The van der Waals surface area contributed by atoms with Gasteiger partial charge in [-0.1, -0.05) is 32.0 Å². The van der Waals surface area contributed by atoms with E-state index in [1.165, 1.54) is 30.2 Å². The Morgan fingerprint density at radius 3 is 2.82 bits per heavy atom. The molecule has 0 bridgehead atoms. The van der Waals surface area contributed by atoms with Crippen LogP contribution >= 0.6 is 23.1 Å². The van der Waals surface area contributed by atoms with Gasteiger partial charge in [-0.25, -0.2) is 4.98 Å². The first kappa shape index (κ1) is 22.4. The van der Waals surface area contributed by atoms with Crippen LogP contribution < -0.4 is 10.9 Å². The van der Waals surface area contributed by atoms with Crippen LogP contribution in [0.4, 0.5) is 0 Å². The molecule has 0 saturated heterocycles. The van der Waals surface area contributed by atoms with E-state index < -0.39 is 0 Å². The van der Waals surface area contributed by atoms with Crippen LogP contribution in [-0.2, 0) is 20.7 Å². The molecule has 0 aliphatic rings. The highest BCUT2D eigenvalue weighted by molar-refractivity contribution is 7.99. The number of amides is 1. The molecule has 2 rings (SSSR count). The van der Waals surface area contributed by atoms with Gasteiger partial charge in [0.2, 0.25) is 5.91 Å². The van der Waals surface area contributed by atoms with Crippen LogP contribution in [0.15, 0.2) is 9.95 Å². The fourth-order valence-electron chi connectivity index (χ4n) is 2.71. The van der Waals surface area contributed by atoms with Crippen LogP contribution in [0.5, 0.6) is 0 Å². The van der Waals surface area contributed by atoms with E-state index in [2.05, 4.69) is 33.9 Å². The molecular weight excluding hydrogens is 398 g/mol. The number of nitrogens with zero attached hydrogens (tertiary/aromatic N) is 1. The number of carbonyl (C=O) groups is 2. The minimum Gasteiger partial charge on any atom is -0.469 e. The summed E-state index contributed by atoms with van der Waals surface area (Å²) in [6.07, 6.45) is 2.72. The Hall–Kier alpha value is -1.87. The fourth-order valence-corrected chi connectivity index (χ4v) is 4.51. The highest BCUT2D eigenvalue weighted by Gasteiger charge is 2.17. The summed E-state index contributed by atoms with van der Waals surface area (Å²) in [4.78, 5) is 44.7. The number of aromatic amines is 1. The molecule has 0 aromatic carbocycles. The largest absolute Gasteiger partial charge is 0.469 e. The SMILES string of the molecule is CC[C@@H](C)Cc1c(C)sc2nc(SCC(=O)NCCCC(=O)OC)[nH]c(=O)c12. The van der Waals surface area contributed by atoms with E-state index in [9.17, 15) is 14.4 Å². The molecule has 28 heavy (non-hydrogen) atoms. The molecule has 2 heterocycles. The maximum atomic E-state index is 12.6. The van der Waals surface area contributed by atoms with Crippen LogP contribution in [0.1, 0.15) is 43.6 Å². The number of fused-ring (bicyclic) bond motifs is 1. The summed E-state index contributed by atoms with van der Waals surface area (Å²) in [5.74, 6) is 0.194. The Kier molecular flexibility index (Phi) is 8.50. The Balaban J connectivity index is 1.98. The van der Waals surface area contributed by atoms with E-state index in [1.54, 1.807) is 0 Å². The van der Waals surface area contributed by atoms with Gasteiger partial charge in [0.1, 0.15) is 4.83 Å². The average molecular weight is 426 g/mol. The van der Waals surface area contributed by atoms with Gasteiger partial charge in [-0.05, 0) is 31.2 Å². The molecule has 154 valence electrons. The zero-order chi connectivity index (χ0) is 20.7. The standard InChI is InChI=1S/C19H27N3O4S2/c1-5-11(2)9-13-12(3)28-18-16(13)17(25)21-19(22-18)27-10-14(23)20-8-6-7-15(24)26-4/h11H,5-10H2,1-4H3,(H,20,23)(H,21,22,25)/t11-/m1/s1. The number of aryl methyl sites for hydroxylation is 1. The molecular formula is C19H27N3O4S2. The molecule has 0 saturated carbocycles. The molecule has 9 heteroatoms. The number of carbonyl (C=O) groups excluding carboxylic acids is 2. The Morgan fingerprint density at radius 2 is 2.14 bits per heavy atom. The highest BCUT2D eigenvalue weighted by Crippen LogP contribution is 2.30. The highest BCUT2D eigenvalue weighted by atomic mass is 32.2. The molecule has 7 nitrogen and oxygen atoms in total. The van der Waals surface area contributed by atoms with Gasteiger partial charge >= 0.3 is 5.97 Å². The summed E-state index contributed by atoms with van der Waals surface area (Å²) in [6.45, 7) is 6.75. The number of ether oxygens (including phenoxy) is 1. The third-order valence-electron chi connectivity index (χ3n) is 4.54. The van der Waals surface area contributed by atoms with Crippen LogP contribution in [0.25, 0.3) is 10.2 Å². The normalized spacial score (nSPS) is 12.1. The van der Waals surface area contributed by atoms with E-state index in [1.807, 2.05) is 6.92 Å². The second-order valence-electron chi connectivity index (χ2n) is 6.72. The lowest BCUT2D eigenvalue weighted by Gasteiger charge is -2.08. The summed E-state index contributed by atoms with van der Waals surface area (Å²) in [5, 5.41) is 3.86. The number of esters is 1. The van der Waals surface area contributed by atoms with Crippen LogP contribution in [0.2, 0.25) is 0 Å². The number of H-pyrrole nitrogens is 1.